The van der Waals surface area contributed by atoms with Gasteiger partial charge in [0.05, 0.1) is 35.1 Å². The number of benzene rings is 1. The highest BCUT2D eigenvalue weighted by Gasteiger charge is 2.37. The number of carboxylic acids is 1. The van der Waals surface area contributed by atoms with Crippen LogP contribution >= 0.6 is 0 Å². The van der Waals surface area contributed by atoms with Crippen LogP contribution in [-0.2, 0) is 9.53 Å². The molecule has 0 radical (unpaired) electrons. The monoisotopic (exact) mass is 357 g/mol. The second-order valence-corrected chi connectivity index (χ2v) is 6.76. The summed E-state index contributed by atoms with van der Waals surface area (Å²) < 4.78 is 7.07. The first-order chi connectivity index (χ1) is 12.4. The minimum absolute atomic E-state index is 0.118. The van der Waals surface area contributed by atoms with Gasteiger partial charge in [0.15, 0.2) is 0 Å². The van der Waals surface area contributed by atoms with Crippen molar-refractivity contribution in [3.05, 3.63) is 47.3 Å². The molecule has 26 heavy (non-hydrogen) atoms. The fourth-order valence-corrected chi connectivity index (χ4v) is 3.38. The molecule has 7 nitrogen and oxygen atoms in total. The van der Waals surface area contributed by atoms with E-state index in [0.717, 1.165) is 11.3 Å². The van der Waals surface area contributed by atoms with Crippen LogP contribution in [0.25, 0.3) is 5.69 Å². The number of amides is 1. The van der Waals surface area contributed by atoms with E-state index >= 15 is 0 Å². The molecule has 2 N–H and O–H groups in total. The van der Waals surface area contributed by atoms with Crippen LogP contribution in [0.15, 0.2) is 30.5 Å². The normalized spacial score (nSPS) is 16.2. The molecule has 1 aliphatic heterocycles. The number of carbonyl (C=O) groups excluding carboxylic acids is 1. The van der Waals surface area contributed by atoms with Gasteiger partial charge in [0.1, 0.15) is 0 Å². The molecular weight excluding hydrogens is 334 g/mol. The van der Waals surface area contributed by atoms with Crippen LogP contribution in [0.5, 0.6) is 0 Å². The summed E-state index contributed by atoms with van der Waals surface area (Å²) in [5, 5.41) is 16.6. The average Bonchev–Trinajstić information content (AvgIpc) is 2.97. The molecule has 0 aliphatic carbocycles. The van der Waals surface area contributed by atoms with E-state index in [0.29, 0.717) is 37.3 Å². The molecule has 1 aromatic carbocycles. The van der Waals surface area contributed by atoms with E-state index in [1.54, 1.807) is 4.68 Å². The molecule has 1 amide bonds. The zero-order chi connectivity index (χ0) is 18.7. The van der Waals surface area contributed by atoms with Crippen molar-refractivity contribution in [2.75, 3.05) is 13.2 Å². The van der Waals surface area contributed by atoms with E-state index in [9.17, 15) is 14.7 Å². The first-order valence-electron chi connectivity index (χ1n) is 8.64. The smallest absolute Gasteiger partial charge is 0.305 e. The molecule has 2 aromatic rings. The zero-order valence-electron chi connectivity index (χ0n) is 15.0. The van der Waals surface area contributed by atoms with E-state index in [1.807, 2.05) is 38.1 Å². The maximum Gasteiger partial charge on any atom is 0.305 e. The van der Waals surface area contributed by atoms with Crippen molar-refractivity contribution in [1.82, 2.24) is 15.1 Å². The van der Waals surface area contributed by atoms with Crippen molar-refractivity contribution < 1.29 is 19.4 Å². The number of aryl methyl sites for hydroxylation is 1. The Labute approximate surface area is 152 Å². The van der Waals surface area contributed by atoms with Gasteiger partial charge in [-0.2, -0.15) is 5.10 Å². The van der Waals surface area contributed by atoms with E-state index < -0.39 is 11.5 Å². The molecule has 138 valence electrons. The quantitative estimate of drug-likeness (QED) is 0.856. The second-order valence-electron chi connectivity index (χ2n) is 6.76. The van der Waals surface area contributed by atoms with Crippen LogP contribution in [0.1, 0.15) is 40.9 Å². The van der Waals surface area contributed by atoms with Gasteiger partial charge in [0.25, 0.3) is 5.91 Å². The summed E-state index contributed by atoms with van der Waals surface area (Å²) in [5.74, 6) is -1.23. The lowest BCUT2D eigenvalue weighted by Crippen LogP contribution is -2.53. The number of aliphatic carboxylic acids is 1. The van der Waals surface area contributed by atoms with Crippen molar-refractivity contribution >= 4 is 11.9 Å². The summed E-state index contributed by atoms with van der Waals surface area (Å²) >= 11 is 0. The van der Waals surface area contributed by atoms with Gasteiger partial charge in [-0.05, 0) is 38.3 Å². The van der Waals surface area contributed by atoms with Gasteiger partial charge in [-0.25, -0.2) is 4.68 Å². The molecule has 7 heteroatoms. The first-order valence-corrected chi connectivity index (χ1v) is 8.64. The van der Waals surface area contributed by atoms with Crippen molar-refractivity contribution in [1.29, 1.82) is 0 Å². The summed E-state index contributed by atoms with van der Waals surface area (Å²) in [5.41, 5.74) is 2.35. The van der Waals surface area contributed by atoms with Gasteiger partial charge in [-0.3, -0.25) is 9.59 Å². The maximum absolute atomic E-state index is 12.9. The van der Waals surface area contributed by atoms with Crippen LogP contribution in [-0.4, -0.2) is 45.5 Å². The molecule has 0 spiro atoms. The Bertz CT molecular complexity index is 822. The summed E-state index contributed by atoms with van der Waals surface area (Å²) in [6, 6.07) is 7.81. The van der Waals surface area contributed by atoms with E-state index in [-0.39, 0.29) is 12.3 Å². The Balaban J connectivity index is 1.86. The van der Waals surface area contributed by atoms with Gasteiger partial charge >= 0.3 is 5.97 Å². The van der Waals surface area contributed by atoms with Gasteiger partial charge in [0, 0.05) is 13.2 Å². The Morgan fingerprint density at radius 3 is 2.62 bits per heavy atom. The topological polar surface area (TPSA) is 93.5 Å². The van der Waals surface area contributed by atoms with Gasteiger partial charge in [0.2, 0.25) is 0 Å². The third kappa shape index (κ3) is 3.62. The fourth-order valence-electron chi connectivity index (χ4n) is 3.38. The number of nitrogens with zero attached hydrogens (tertiary/aromatic N) is 2. The Hall–Kier alpha value is -2.67. The number of carbonyl (C=O) groups is 2. The molecule has 2 heterocycles. The molecule has 0 atom stereocenters. The van der Waals surface area contributed by atoms with Crippen LogP contribution in [0.3, 0.4) is 0 Å². The number of hydrogen-bond donors (Lipinski definition) is 2. The molecule has 1 aliphatic rings. The molecular formula is C19H23N3O4. The van der Waals surface area contributed by atoms with Gasteiger partial charge < -0.3 is 15.2 Å². The Morgan fingerprint density at radius 1 is 1.27 bits per heavy atom. The SMILES string of the molecule is Cc1ccccc1-n1ncc(C(=O)NC2(CC(=O)O)CCOCC2)c1C. The molecule has 1 aromatic heterocycles. The van der Waals surface area contributed by atoms with Crippen LogP contribution < -0.4 is 5.32 Å². The molecule has 0 saturated carbocycles. The minimum Gasteiger partial charge on any atom is -0.481 e. The van der Waals surface area contributed by atoms with Gasteiger partial charge in [-0.1, -0.05) is 18.2 Å². The van der Waals surface area contributed by atoms with Gasteiger partial charge in [-0.15, -0.1) is 0 Å². The van der Waals surface area contributed by atoms with Crippen molar-refractivity contribution in [2.45, 2.75) is 38.6 Å². The molecule has 0 unspecified atom stereocenters. The number of hydrogen-bond acceptors (Lipinski definition) is 4. The fraction of sp³-hybridized carbons (Fsp3) is 0.421. The highest BCUT2D eigenvalue weighted by atomic mass is 16.5. The maximum atomic E-state index is 12.9. The summed E-state index contributed by atoms with van der Waals surface area (Å²) in [7, 11) is 0. The molecule has 3 rings (SSSR count). The summed E-state index contributed by atoms with van der Waals surface area (Å²) in [6.45, 7) is 4.70. The van der Waals surface area contributed by atoms with Crippen LogP contribution in [0.4, 0.5) is 0 Å². The lowest BCUT2D eigenvalue weighted by atomic mass is 9.86. The zero-order valence-corrected chi connectivity index (χ0v) is 15.0. The average molecular weight is 357 g/mol. The molecule has 1 fully saturated rings. The minimum atomic E-state index is -0.931. The second kappa shape index (κ2) is 7.29. The largest absolute Gasteiger partial charge is 0.481 e. The highest BCUT2D eigenvalue weighted by Crippen LogP contribution is 2.26. The van der Waals surface area contributed by atoms with Crippen LogP contribution in [0, 0.1) is 13.8 Å². The van der Waals surface area contributed by atoms with Crippen molar-refractivity contribution in [3.63, 3.8) is 0 Å². The predicted octanol–water partition coefficient (Wildman–Crippen LogP) is 2.24. The number of carboxylic acid groups (broad SMARTS) is 1. The summed E-state index contributed by atoms with van der Waals surface area (Å²) in [4.78, 5) is 24.1. The van der Waals surface area contributed by atoms with Crippen molar-refractivity contribution in [2.24, 2.45) is 0 Å². The highest BCUT2D eigenvalue weighted by molar-refractivity contribution is 5.96. The number of para-hydroxylation sites is 1. The lowest BCUT2D eigenvalue weighted by molar-refractivity contribution is -0.139. The van der Waals surface area contributed by atoms with E-state index in [4.69, 9.17) is 4.74 Å². The van der Waals surface area contributed by atoms with Crippen LogP contribution in [0.2, 0.25) is 0 Å². The van der Waals surface area contributed by atoms with E-state index in [1.165, 1.54) is 6.20 Å². The third-order valence-electron chi connectivity index (χ3n) is 4.92. The molecule has 0 bridgehead atoms. The van der Waals surface area contributed by atoms with Crippen molar-refractivity contribution in [3.8, 4) is 5.69 Å². The predicted molar refractivity (Wildman–Crippen MR) is 95.5 cm³/mol. The lowest BCUT2D eigenvalue weighted by Gasteiger charge is -2.36. The molecule has 1 saturated heterocycles. The summed E-state index contributed by atoms with van der Waals surface area (Å²) in [6.07, 6.45) is 2.38. The number of aromatic nitrogens is 2. The number of rotatable bonds is 5. The first kappa shape index (κ1) is 18.1. The number of ether oxygens (including phenoxy) is 1. The third-order valence-corrected chi connectivity index (χ3v) is 4.92. The standard InChI is InChI=1S/C19H23N3O4/c1-13-5-3-4-6-16(13)22-14(2)15(12-20-22)18(25)21-19(11-17(23)24)7-9-26-10-8-19/h3-6,12H,7-11H2,1-2H3,(H,21,25)(H,23,24). The Morgan fingerprint density at radius 2 is 1.96 bits per heavy atom. The Kier molecular flexibility index (Phi) is 5.08. The number of nitrogens with one attached hydrogen (secondary N) is 1. The van der Waals surface area contributed by atoms with E-state index in [2.05, 4.69) is 10.4 Å².